The van der Waals surface area contributed by atoms with E-state index in [1.54, 1.807) is 24.3 Å². The quantitative estimate of drug-likeness (QED) is 0.518. The average molecular weight is 406 g/mol. The van der Waals surface area contributed by atoms with Crippen LogP contribution in [0.15, 0.2) is 59.8 Å². The maximum absolute atomic E-state index is 12.4. The van der Waals surface area contributed by atoms with Crippen LogP contribution in [0.3, 0.4) is 0 Å². The number of nitrogens with zero attached hydrogens (tertiary/aromatic N) is 2. The smallest absolute Gasteiger partial charge is 0.252 e. The van der Waals surface area contributed by atoms with E-state index in [1.165, 1.54) is 30.6 Å². The molecule has 1 heterocycles. The second-order valence-corrected chi connectivity index (χ2v) is 7.69. The summed E-state index contributed by atoms with van der Waals surface area (Å²) in [6.45, 7) is 0.164. The van der Waals surface area contributed by atoms with Crippen LogP contribution in [-0.4, -0.2) is 42.6 Å². The molecular formula is C17H16ClN5O3S. The normalized spacial score (nSPS) is 11.3. The van der Waals surface area contributed by atoms with Crippen molar-refractivity contribution in [3.8, 4) is 11.4 Å². The zero-order valence-electron chi connectivity index (χ0n) is 14.0. The molecule has 0 radical (unpaired) electrons. The van der Waals surface area contributed by atoms with Crippen LogP contribution in [0.5, 0.6) is 0 Å². The topological polar surface area (TPSA) is 117 Å². The highest BCUT2D eigenvalue weighted by molar-refractivity contribution is 7.89. The maximum Gasteiger partial charge on any atom is 0.252 e. The van der Waals surface area contributed by atoms with E-state index in [1.807, 2.05) is 0 Å². The highest BCUT2D eigenvalue weighted by Gasteiger charge is 2.15. The summed E-state index contributed by atoms with van der Waals surface area (Å²) in [6.07, 6.45) is 1.36. The van der Waals surface area contributed by atoms with E-state index in [-0.39, 0.29) is 23.9 Å². The highest BCUT2D eigenvalue weighted by atomic mass is 35.5. The van der Waals surface area contributed by atoms with Gasteiger partial charge in [0.25, 0.3) is 5.91 Å². The number of carbonyl (C=O) groups excluding carboxylic acids is 1. The maximum atomic E-state index is 12.4. The van der Waals surface area contributed by atoms with Crippen molar-refractivity contribution in [2.24, 2.45) is 0 Å². The van der Waals surface area contributed by atoms with Gasteiger partial charge in [0.15, 0.2) is 5.82 Å². The van der Waals surface area contributed by atoms with E-state index >= 15 is 0 Å². The van der Waals surface area contributed by atoms with Gasteiger partial charge < -0.3 is 5.32 Å². The summed E-state index contributed by atoms with van der Waals surface area (Å²) in [4.78, 5) is 16.6. The van der Waals surface area contributed by atoms with Gasteiger partial charge in [0.05, 0.1) is 10.5 Å². The minimum atomic E-state index is -3.67. The number of hydrogen-bond donors (Lipinski definition) is 3. The van der Waals surface area contributed by atoms with Crippen molar-refractivity contribution in [3.05, 3.63) is 65.4 Å². The molecule has 0 saturated heterocycles. The van der Waals surface area contributed by atoms with Gasteiger partial charge >= 0.3 is 0 Å². The number of sulfonamides is 1. The van der Waals surface area contributed by atoms with Gasteiger partial charge in [-0.25, -0.2) is 18.1 Å². The van der Waals surface area contributed by atoms with Crippen LogP contribution in [-0.2, 0) is 10.0 Å². The Morgan fingerprint density at radius 1 is 1.07 bits per heavy atom. The summed E-state index contributed by atoms with van der Waals surface area (Å²) >= 11 is 5.76. The van der Waals surface area contributed by atoms with E-state index in [9.17, 15) is 13.2 Å². The molecule has 0 fully saturated rings. The number of halogens is 1. The van der Waals surface area contributed by atoms with Gasteiger partial charge in [0, 0.05) is 23.7 Å². The first-order chi connectivity index (χ1) is 13.0. The predicted molar refractivity (Wildman–Crippen MR) is 101 cm³/mol. The van der Waals surface area contributed by atoms with Crippen LogP contribution in [0.4, 0.5) is 0 Å². The Morgan fingerprint density at radius 3 is 2.52 bits per heavy atom. The Balaban J connectivity index is 1.59. The number of amides is 1. The van der Waals surface area contributed by atoms with E-state index in [0.717, 1.165) is 0 Å². The molecule has 0 atom stereocenters. The molecule has 3 aromatic rings. The summed E-state index contributed by atoms with van der Waals surface area (Å²) in [6, 6.07) is 12.8. The van der Waals surface area contributed by atoms with Gasteiger partial charge in [-0.15, -0.1) is 0 Å². The molecule has 8 nitrogen and oxygen atoms in total. The first-order valence-corrected chi connectivity index (χ1v) is 9.82. The van der Waals surface area contributed by atoms with Crippen molar-refractivity contribution < 1.29 is 13.2 Å². The number of hydrogen-bond acceptors (Lipinski definition) is 5. The molecule has 0 bridgehead atoms. The van der Waals surface area contributed by atoms with Crippen LogP contribution >= 0.6 is 11.6 Å². The molecule has 1 amide bonds. The number of benzene rings is 2. The Hall–Kier alpha value is -2.75. The number of rotatable bonds is 7. The van der Waals surface area contributed by atoms with Crippen LogP contribution < -0.4 is 10.0 Å². The Morgan fingerprint density at radius 2 is 1.81 bits per heavy atom. The lowest BCUT2D eigenvalue weighted by atomic mass is 10.1. The standard InChI is InChI=1S/C17H16ClN5O3S/c18-12-5-7-13(8-6-12)27(25,26)22-10-9-19-17(24)15-4-2-1-3-14(15)16-20-11-21-23-16/h1-8,11,22H,9-10H2,(H,19,24)(H,20,21,23). The van der Waals surface area contributed by atoms with E-state index < -0.39 is 10.0 Å². The third-order valence-corrected chi connectivity index (χ3v) is 5.40. The van der Waals surface area contributed by atoms with Crippen molar-refractivity contribution in [3.63, 3.8) is 0 Å². The molecule has 2 aromatic carbocycles. The fourth-order valence-corrected chi connectivity index (χ4v) is 3.53. The van der Waals surface area contributed by atoms with Gasteiger partial charge in [-0.1, -0.05) is 29.8 Å². The Bertz CT molecular complexity index is 1020. The summed E-state index contributed by atoms with van der Waals surface area (Å²) in [5, 5.41) is 9.63. The van der Waals surface area contributed by atoms with E-state index in [2.05, 4.69) is 25.2 Å². The second-order valence-electron chi connectivity index (χ2n) is 5.49. The molecule has 0 saturated carbocycles. The van der Waals surface area contributed by atoms with Gasteiger partial charge in [0.2, 0.25) is 10.0 Å². The van der Waals surface area contributed by atoms with E-state index in [0.29, 0.717) is 22.0 Å². The number of aromatic amines is 1. The fourth-order valence-electron chi connectivity index (χ4n) is 2.38. The number of aromatic nitrogens is 3. The zero-order valence-corrected chi connectivity index (χ0v) is 15.6. The minimum absolute atomic E-state index is 0.0428. The van der Waals surface area contributed by atoms with Gasteiger partial charge in [-0.05, 0) is 30.3 Å². The lowest BCUT2D eigenvalue weighted by Gasteiger charge is -2.10. The molecule has 10 heteroatoms. The summed E-state index contributed by atoms with van der Waals surface area (Å²) in [7, 11) is -3.67. The Kier molecular flexibility index (Phi) is 5.84. The van der Waals surface area contributed by atoms with Crippen LogP contribution in [0.2, 0.25) is 5.02 Å². The molecule has 0 aliphatic carbocycles. The number of carbonyl (C=O) groups is 1. The van der Waals surface area contributed by atoms with Crippen molar-refractivity contribution in [2.45, 2.75) is 4.90 Å². The monoisotopic (exact) mass is 405 g/mol. The lowest BCUT2D eigenvalue weighted by molar-refractivity contribution is 0.0955. The first-order valence-electron chi connectivity index (χ1n) is 7.95. The first kappa shape index (κ1) is 19.0. The largest absolute Gasteiger partial charge is 0.351 e. The van der Waals surface area contributed by atoms with E-state index in [4.69, 9.17) is 11.6 Å². The second kappa shape index (κ2) is 8.30. The van der Waals surface area contributed by atoms with Gasteiger partial charge in [-0.2, -0.15) is 5.10 Å². The molecule has 27 heavy (non-hydrogen) atoms. The molecular weight excluding hydrogens is 390 g/mol. The van der Waals surface area contributed by atoms with Crippen LogP contribution in [0.1, 0.15) is 10.4 Å². The predicted octanol–water partition coefficient (Wildman–Crippen LogP) is 1.83. The highest BCUT2D eigenvalue weighted by Crippen LogP contribution is 2.19. The molecule has 3 rings (SSSR count). The third kappa shape index (κ3) is 4.70. The SMILES string of the molecule is O=C(NCCNS(=O)(=O)c1ccc(Cl)cc1)c1ccccc1-c1ncn[nH]1. The lowest BCUT2D eigenvalue weighted by Crippen LogP contribution is -2.34. The van der Waals surface area contributed by atoms with Crippen molar-refractivity contribution in [2.75, 3.05) is 13.1 Å². The fraction of sp³-hybridized carbons (Fsp3) is 0.118. The van der Waals surface area contributed by atoms with Crippen molar-refractivity contribution in [1.82, 2.24) is 25.2 Å². The minimum Gasteiger partial charge on any atom is -0.351 e. The molecule has 140 valence electrons. The number of H-pyrrole nitrogens is 1. The molecule has 0 spiro atoms. The van der Waals surface area contributed by atoms with Crippen molar-refractivity contribution >= 4 is 27.5 Å². The molecule has 1 aromatic heterocycles. The summed E-state index contributed by atoms with van der Waals surface area (Å²) in [5.74, 6) is 0.136. The van der Waals surface area contributed by atoms with Crippen LogP contribution in [0.25, 0.3) is 11.4 Å². The Labute approximate surface area is 161 Å². The third-order valence-electron chi connectivity index (χ3n) is 3.67. The molecule has 0 aliphatic rings. The molecule has 0 aliphatic heterocycles. The summed E-state index contributed by atoms with van der Waals surface area (Å²) in [5.41, 5.74) is 1.02. The average Bonchev–Trinajstić information content (AvgIpc) is 3.20. The zero-order chi connectivity index (χ0) is 19.3. The summed E-state index contributed by atoms with van der Waals surface area (Å²) < 4.78 is 26.8. The number of nitrogens with one attached hydrogen (secondary N) is 3. The van der Waals surface area contributed by atoms with Gasteiger partial charge in [0.1, 0.15) is 6.33 Å². The van der Waals surface area contributed by atoms with Crippen molar-refractivity contribution in [1.29, 1.82) is 0 Å². The van der Waals surface area contributed by atoms with Crippen LogP contribution in [0, 0.1) is 0 Å². The van der Waals surface area contributed by atoms with Gasteiger partial charge in [-0.3, -0.25) is 9.89 Å². The molecule has 3 N–H and O–H groups in total. The molecule has 0 unspecified atom stereocenters.